The number of hydrogen-bond donors (Lipinski definition) is 1. The van der Waals surface area contributed by atoms with E-state index in [4.69, 9.17) is 4.42 Å². The number of thioether (sulfide) groups is 1. The van der Waals surface area contributed by atoms with Gasteiger partial charge in [-0.25, -0.2) is 4.79 Å². The molecule has 2 aromatic rings. The van der Waals surface area contributed by atoms with Gasteiger partial charge in [0.25, 0.3) is 11.1 Å². The van der Waals surface area contributed by atoms with E-state index in [2.05, 4.69) is 15.5 Å². The zero-order chi connectivity index (χ0) is 17.2. The zero-order valence-corrected chi connectivity index (χ0v) is 14.3. The van der Waals surface area contributed by atoms with Crippen molar-refractivity contribution in [2.24, 2.45) is 0 Å². The average molecular weight is 346 g/mol. The summed E-state index contributed by atoms with van der Waals surface area (Å²) in [6, 6.07) is 9.51. The minimum absolute atomic E-state index is 0.219. The topological polar surface area (TPSA) is 88.3 Å². The molecule has 8 heteroatoms. The third-order valence-corrected chi connectivity index (χ3v) is 4.43. The molecular weight excluding hydrogens is 328 g/mol. The van der Waals surface area contributed by atoms with Crippen LogP contribution in [-0.2, 0) is 11.2 Å². The maximum atomic E-state index is 12.1. The molecule has 24 heavy (non-hydrogen) atoms. The molecular formula is C16H18N4O3S. The van der Waals surface area contributed by atoms with E-state index in [1.54, 1.807) is 13.8 Å². The smallest absolute Gasteiger partial charge is 0.325 e. The van der Waals surface area contributed by atoms with Crippen molar-refractivity contribution >= 4 is 23.7 Å². The summed E-state index contributed by atoms with van der Waals surface area (Å²) in [5, 5.41) is 11.1. The van der Waals surface area contributed by atoms with Crippen molar-refractivity contribution in [2.75, 3.05) is 12.3 Å². The highest BCUT2D eigenvalue weighted by atomic mass is 32.2. The minimum atomic E-state index is -0.838. The lowest BCUT2D eigenvalue weighted by molar-refractivity contribution is -0.130. The Kier molecular flexibility index (Phi) is 4.57. The van der Waals surface area contributed by atoms with E-state index in [1.807, 2.05) is 30.3 Å². The van der Waals surface area contributed by atoms with Gasteiger partial charge < -0.3 is 9.73 Å². The van der Waals surface area contributed by atoms with Crippen LogP contribution in [0, 0.1) is 0 Å². The van der Waals surface area contributed by atoms with Crippen LogP contribution in [0.5, 0.6) is 0 Å². The maximum absolute atomic E-state index is 12.1. The van der Waals surface area contributed by atoms with Crippen molar-refractivity contribution in [1.29, 1.82) is 0 Å². The molecule has 3 amide bonds. The minimum Gasteiger partial charge on any atom is -0.416 e. The summed E-state index contributed by atoms with van der Waals surface area (Å²) in [4.78, 5) is 25.1. The summed E-state index contributed by atoms with van der Waals surface area (Å²) in [5.41, 5.74) is 0.258. The van der Waals surface area contributed by atoms with Gasteiger partial charge in [-0.05, 0) is 19.4 Å². The number of nitrogens with zero attached hydrogens (tertiary/aromatic N) is 3. The quantitative estimate of drug-likeness (QED) is 0.636. The fraction of sp³-hybridized carbons (Fsp3) is 0.375. The molecule has 2 heterocycles. The molecule has 126 valence electrons. The molecule has 0 unspecified atom stereocenters. The molecule has 0 atom stereocenters. The summed E-state index contributed by atoms with van der Waals surface area (Å²) in [5.74, 6) is 0.825. The van der Waals surface area contributed by atoms with Gasteiger partial charge in [-0.1, -0.05) is 42.1 Å². The van der Waals surface area contributed by atoms with Gasteiger partial charge in [-0.15, -0.1) is 10.2 Å². The van der Waals surface area contributed by atoms with Crippen LogP contribution in [0.2, 0.25) is 0 Å². The highest BCUT2D eigenvalue weighted by molar-refractivity contribution is 7.99. The Labute approximate surface area is 143 Å². The first-order chi connectivity index (χ1) is 11.5. The molecule has 1 saturated heterocycles. The largest absolute Gasteiger partial charge is 0.416 e. The number of rotatable bonds is 6. The summed E-state index contributed by atoms with van der Waals surface area (Å²) in [7, 11) is 0. The Morgan fingerprint density at radius 2 is 1.96 bits per heavy atom. The van der Waals surface area contributed by atoms with Crippen LogP contribution in [0.25, 0.3) is 0 Å². The first-order valence-electron chi connectivity index (χ1n) is 7.59. The van der Waals surface area contributed by atoms with Gasteiger partial charge in [0, 0.05) is 12.3 Å². The predicted octanol–water partition coefficient (Wildman–Crippen LogP) is 2.08. The molecule has 1 fully saturated rings. The third kappa shape index (κ3) is 3.59. The summed E-state index contributed by atoms with van der Waals surface area (Å²) >= 11 is 1.33. The third-order valence-electron chi connectivity index (χ3n) is 3.63. The molecule has 1 aromatic heterocycles. The lowest BCUT2D eigenvalue weighted by atomic mass is 10.1. The fourth-order valence-electron chi connectivity index (χ4n) is 2.38. The van der Waals surface area contributed by atoms with Gasteiger partial charge in [0.2, 0.25) is 5.89 Å². The highest BCUT2D eigenvalue weighted by Gasteiger charge is 2.43. The summed E-state index contributed by atoms with van der Waals surface area (Å²) in [6.45, 7) is 3.68. The number of benzene rings is 1. The Bertz CT molecular complexity index is 745. The van der Waals surface area contributed by atoms with Crippen molar-refractivity contribution in [3.8, 4) is 0 Å². The molecule has 1 aliphatic rings. The van der Waals surface area contributed by atoms with E-state index < -0.39 is 5.54 Å². The van der Waals surface area contributed by atoms with Crippen LogP contribution in [0.15, 0.2) is 40.0 Å². The molecule has 0 spiro atoms. The van der Waals surface area contributed by atoms with Gasteiger partial charge in [0.15, 0.2) is 0 Å². The van der Waals surface area contributed by atoms with E-state index in [-0.39, 0.29) is 11.9 Å². The molecule has 0 saturated carbocycles. The number of carbonyl (C=O) groups excluding carboxylic acids is 2. The van der Waals surface area contributed by atoms with E-state index in [0.717, 1.165) is 5.56 Å². The Balaban J connectivity index is 1.51. The number of amides is 3. The van der Waals surface area contributed by atoms with E-state index in [0.29, 0.717) is 29.8 Å². The second kappa shape index (κ2) is 6.64. The second-order valence-corrected chi connectivity index (χ2v) is 7.03. The lowest BCUT2D eigenvalue weighted by Gasteiger charge is -2.15. The van der Waals surface area contributed by atoms with Crippen molar-refractivity contribution in [1.82, 2.24) is 20.4 Å². The summed E-state index contributed by atoms with van der Waals surface area (Å²) in [6.07, 6.45) is 0.579. The normalized spacial score (nSPS) is 16.5. The SMILES string of the molecule is CC1(C)NC(=O)N(CCSc2nnc(Cc3ccccc3)o2)C1=O. The Hall–Kier alpha value is -2.35. The van der Waals surface area contributed by atoms with Crippen molar-refractivity contribution in [2.45, 2.75) is 31.0 Å². The van der Waals surface area contributed by atoms with Gasteiger partial charge >= 0.3 is 6.03 Å². The van der Waals surface area contributed by atoms with Crippen LogP contribution in [-0.4, -0.2) is 44.9 Å². The van der Waals surface area contributed by atoms with Crippen molar-refractivity contribution in [3.63, 3.8) is 0 Å². The van der Waals surface area contributed by atoms with Crippen LogP contribution in [0.1, 0.15) is 25.3 Å². The molecule has 1 aliphatic heterocycles. The summed E-state index contributed by atoms with van der Waals surface area (Å²) < 4.78 is 5.58. The predicted molar refractivity (Wildman–Crippen MR) is 88.6 cm³/mol. The van der Waals surface area contributed by atoms with E-state index >= 15 is 0 Å². The van der Waals surface area contributed by atoms with E-state index in [9.17, 15) is 9.59 Å². The van der Waals surface area contributed by atoms with Crippen LogP contribution >= 0.6 is 11.8 Å². The van der Waals surface area contributed by atoms with Crippen LogP contribution < -0.4 is 5.32 Å². The van der Waals surface area contributed by atoms with Gasteiger partial charge in [0.05, 0.1) is 6.42 Å². The van der Waals surface area contributed by atoms with Gasteiger partial charge in [0.1, 0.15) is 5.54 Å². The number of urea groups is 1. The van der Waals surface area contributed by atoms with Crippen molar-refractivity contribution in [3.05, 3.63) is 41.8 Å². The fourth-order valence-corrected chi connectivity index (χ4v) is 3.09. The molecule has 7 nitrogen and oxygen atoms in total. The molecule has 0 aliphatic carbocycles. The second-order valence-electron chi connectivity index (χ2n) is 5.98. The molecule has 3 rings (SSSR count). The maximum Gasteiger partial charge on any atom is 0.325 e. The highest BCUT2D eigenvalue weighted by Crippen LogP contribution is 2.20. The molecule has 0 radical (unpaired) electrons. The molecule has 0 bridgehead atoms. The Morgan fingerprint density at radius 3 is 2.62 bits per heavy atom. The number of imide groups is 1. The lowest BCUT2D eigenvalue weighted by Crippen LogP contribution is -2.40. The number of hydrogen-bond acceptors (Lipinski definition) is 6. The molecule has 1 N–H and O–H groups in total. The van der Waals surface area contributed by atoms with Crippen LogP contribution in [0.3, 0.4) is 0 Å². The Morgan fingerprint density at radius 1 is 1.21 bits per heavy atom. The number of aromatic nitrogens is 2. The van der Waals surface area contributed by atoms with Crippen molar-refractivity contribution < 1.29 is 14.0 Å². The number of nitrogens with one attached hydrogen (secondary N) is 1. The zero-order valence-electron chi connectivity index (χ0n) is 13.5. The van der Waals surface area contributed by atoms with Gasteiger partial charge in [-0.3, -0.25) is 9.69 Å². The van der Waals surface area contributed by atoms with Crippen LogP contribution in [0.4, 0.5) is 4.79 Å². The average Bonchev–Trinajstić information content (AvgIpc) is 3.05. The van der Waals surface area contributed by atoms with E-state index in [1.165, 1.54) is 16.7 Å². The first kappa shape index (κ1) is 16.5. The molecule has 1 aromatic carbocycles. The monoisotopic (exact) mass is 346 g/mol. The standard InChI is InChI=1S/C16H18N4O3S/c1-16(2)13(21)20(14(22)17-16)8-9-24-15-19-18-12(23-15)10-11-6-4-3-5-7-11/h3-7H,8-10H2,1-2H3,(H,17,22). The van der Waals surface area contributed by atoms with Gasteiger partial charge in [-0.2, -0.15) is 0 Å². The first-order valence-corrected chi connectivity index (χ1v) is 8.57. The number of carbonyl (C=O) groups is 2.